The Balaban J connectivity index is 1.66. The number of halogens is 1. The van der Waals surface area contributed by atoms with Crippen LogP contribution in [0.2, 0.25) is 0 Å². The third-order valence-corrected chi connectivity index (χ3v) is 7.04. The van der Waals surface area contributed by atoms with Crippen molar-refractivity contribution in [3.63, 3.8) is 0 Å². The highest BCUT2D eigenvalue weighted by molar-refractivity contribution is 7.88. The first-order valence-electron chi connectivity index (χ1n) is 10.0. The average Bonchev–Trinajstić information content (AvgIpc) is 2.60. The summed E-state index contributed by atoms with van der Waals surface area (Å²) in [4.78, 5) is 14.6. The highest BCUT2D eigenvalue weighted by Gasteiger charge is 2.36. The molecule has 29 heavy (non-hydrogen) atoms. The molecule has 2 heterocycles. The maximum atomic E-state index is 13.6. The lowest BCUT2D eigenvalue weighted by Crippen LogP contribution is -2.52. The summed E-state index contributed by atoms with van der Waals surface area (Å²) in [5.41, 5.74) is 0.242. The molecule has 1 aromatic rings. The van der Waals surface area contributed by atoms with Gasteiger partial charge in [-0.25, -0.2) is 17.6 Å². The summed E-state index contributed by atoms with van der Waals surface area (Å²) in [6, 6.07) is 3.83. The van der Waals surface area contributed by atoms with Gasteiger partial charge < -0.3 is 15.0 Å². The van der Waals surface area contributed by atoms with Gasteiger partial charge in [-0.3, -0.25) is 0 Å². The topological polar surface area (TPSA) is 79.0 Å². The van der Waals surface area contributed by atoms with E-state index in [4.69, 9.17) is 4.74 Å². The van der Waals surface area contributed by atoms with Crippen LogP contribution >= 0.6 is 0 Å². The molecule has 0 aliphatic carbocycles. The maximum Gasteiger partial charge on any atom is 0.317 e. The molecule has 2 amide bonds. The third kappa shape index (κ3) is 5.01. The molecule has 2 aliphatic rings. The van der Waals surface area contributed by atoms with Gasteiger partial charge in [0, 0.05) is 43.7 Å². The van der Waals surface area contributed by atoms with Crippen LogP contribution in [0.1, 0.15) is 51.6 Å². The van der Waals surface area contributed by atoms with Gasteiger partial charge in [-0.1, -0.05) is 13.0 Å². The Morgan fingerprint density at radius 2 is 2.00 bits per heavy atom. The van der Waals surface area contributed by atoms with Gasteiger partial charge in [-0.15, -0.1) is 0 Å². The van der Waals surface area contributed by atoms with E-state index < -0.39 is 15.6 Å². The average molecular weight is 428 g/mol. The molecular formula is C20H30FN3O4S. The smallest absolute Gasteiger partial charge is 0.317 e. The van der Waals surface area contributed by atoms with Crippen LogP contribution in [0.25, 0.3) is 0 Å². The van der Waals surface area contributed by atoms with Crippen LogP contribution in [0.4, 0.5) is 9.18 Å². The van der Waals surface area contributed by atoms with E-state index in [-0.39, 0.29) is 23.9 Å². The van der Waals surface area contributed by atoms with Crippen molar-refractivity contribution >= 4 is 16.1 Å². The number of amides is 2. The number of sulfonamides is 1. The molecule has 1 aromatic carbocycles. The van der Waals surface area contributed by atoms with E-state index in [9.17, 15) is 17.6 Å². The van der Waals surface area contributed by atoms with Gasteiger partial charge in [0.15, 0.2) is 0 Å². The number of fused-ring (bicyclic) bond motifs is 1. The number of hydrogen-bond acceptors (Lipinski definition) is 4. The Morgan fingerprint density at radius 3 is 2.59 bits per heavy atom. The van der Waals surface area contributed by atoms with Crippen molar-refractivity contribution in [3.8, 4) is 5.75 Å². The highest BCUT2D eigenvalue weighted by Crippen LogP contribution is 2.39. The second-order valence-corrected chi connectivity index (χ2v) is 10.4. The van der Waals surface area contributed by atoms with Crippen LogP contribution in [-0.4, -0.2) is 61.2 Å². The molecule has 0 aromatic heterocycles. The van der Waals surface area contributed by atoms with Crippen molar-refractivity contribution in [2.24, 2.45) is 0 Å². The van der Waals surface area contributed by atoms with E-state index in [2.05, 4.69) is 5.32 Å². The second-order valence-electron chi connectivity index (χ2n) is 8.43. The number of hydrogen-bond donors (Lipinski definition) is 1. The molecule has 7 nitrogen and oxygen atoms in total. The summed E-state index contributed by atoms with van der Waals surface area (Å²) in [5, 5.41) is 3.06. The Hall–Kier alpha value is -1.87. The zero-order valence-corrected chi connectivity index (χ0v) is 18.3. The van der Waals surface area contributed by atoms with Crippen LogP contribution in [0.5, 0.6) is 5.75 Å². The van der Waals surface area contributed by atoms with E-state index in [1.165, 1.54) is 22.7 Å². The Labute approximate surface area is 172 Å². The number of rotatable bonds is 4. The summed E-state index contributed by atoms with van der Waals surface area (Å²) in [7, 11) is -3.26. The molecular weight excluding hydrogens is 397 g/mol. The lowest BCUT2D eigenvalue weighted by molar-refractivity contribution is 0.0654. The van der Waals surface area contributed by atoms with Crippen LogP contribution < -0.4 is 10.1 Å². The normalized spacial score (nSPS) is 22.1. The number of carbonyl (C=O) groups excluding carboxylic acids is 1. The Bertz CT molecular complexity index is 866. The van der Waals surface area contributed by atoms with Crippen LogP contribution in [0, 0.1) is 5.82 Å². The molecule has 2 aliphatic heterocycles. The van der Waals surface area contributed by atoms with Gasteiger partial charge in [0.25, 0.3) is 0 Å². The fourth-order valence-electron chi connectivity index (χ4n) is 4.31. The highest BCUT2D eigenvalue weighted by atomic mass is 32.2. The van der Waals surface area contributed by atoms with Crippen LogP contribution in [0.3, 0.4) is 0 Å². The number of benzene rings is 1. The first kappa shape index (κ1) is 21.8. The number of ether oxygens (including phenoxy) is 1. The minimum absolute atomic E-state index is 0.0789. The van der Waals surface area contributed by atoms with Gasteiger partial charge in [0.1, 0.15) is 17.2 Å². The summed E-state index contributed by atoms with van der Waals surface area (Å²) in [6.07, 6.45) is 3.01. The number of urea groups is 1. The van der Waals surface area contributed by atoms with Crippen molar-refractivity contribution in [3.05, 3.63) is 29.6 Å². The number of likely N-dealkylation sites (tertiary alicyclic amines) is 1. The molecule has 0 radical (unpaired) electrons. The number of nitrogens with one attached hydrogen (secondary N) is 1. The Morgan fingerprint density at radius 1 is 1.34 bits per heavy atom. The van der Waals surface area contributed by atoms with Crippen molar-refractivity contribution < 1.29 is 22.3 Å². The van der Waals surface area contributed by atoms with E-state index >= 15 is 0 Å². The van der Waals surface area contributed by atoms with Gasteiger partial charge >= 0.3 is 6.03 Å². The third-order valence-electron chi connectivity index (χ3n) is 5.63. The van der Waals surface area contributed by atoms with Crippen molar-refractivity contribution in [2.45, 2.75) is 57.7 Å². The first-order valence-corrected chi connectivity index (χ1v) is 11.9. The minimum atomic E-state index is -3.26. The summed E-state index contributed by atoms with van der Waals surface area (Å²) < 4.78 is 44.9. The summed E-state index contributed by atoms with van der Waals surface area (Å²) in [5.74, 6) is 0.0805. The molecule has 3 rings (SSSR count). The molecule has 0 spiro atoms. The largest absolute Gasteiger partial charge is 0.487 e. The molecule has 162 valence electrons. The second kappa shape index (κ2) is 8.10. The zero-order valence-electron chi connectivity index (χ0n) is 17.4. The first-order chi connectivity index (χ1) is 13.5. The fraction of sp³-hybridized carbons (Fsp3) is 0.650. The predicted octanol–water partition coefficient (Wildman–Crippen LogP) is 2.88. The quantitative estimate of drug-likeness (QED) is 0.801. The molecule has 1 unspecified atom stereocenters. The predicted molar refractivity (Wildman–Crippen MR) is 109 cm³/mol. The molecule has 1 fully saturated rings. The van der Waals surface area contributed by atoms with Gasteiger partial charge in [-0.2, -0.15) is 4.31 Å². The van der Waals surface area contributed by atoms with Gasteiger partial charge in [-0.05, 0) is 32.8 Å². The van der Waals surface area contributed by atoms with Crippen molar-refractivity contribution in [1.82, 2.24) is 14.5 Å². The van der Waals surface area contributed by atoms with Crippen molar-refractivity contribution in [2.75, 3.05) is 25.9 Å². The monoisotopic (exact) mass is 427 g/mol. The molecule has 1 N–H and O–H groups in total. The lowest BCUT2D eigenvalue weighted by atomic mass is 9.89. The molecule has 9 heteroatoms. The van der Waals surface area contributed by atoms with E-state index in [0.717, 1.165) is 5.56 Å². The number of carbonyl (C=O) groups is 1. The number of piperidine rings is 1. The summed E-state index contributed by atoms with van der Waals surface area (Å²) >= 11 is 0. The number of nitrogens with zero attached hydrogens (tertiary/aromatic N) is 2. The molecule has 1 atom stereocenters. The van der Waals surface area contributed by atoms with E-state index in [1.807, 2.05) is 20.8 Å². The van der Waals surface area contributed by atoms with Gasteiger partial charge in [0.2, 0.25) is 10.0 Å². The molecule has 0 bridgehead atoms. The van der Waals surface area contributed by atoms with Crippen LogP contribution in [0.15, 0.2) is 18.2 Å². The fourth-order valence-corrected chi connectivity index (χ4v) is 5.54. The van der Waals surface area contributed by atoms with Gasteiger partial charge in [0.05, 0.1) is 12.3 Å². The van der Waals surface area contributed by atoms with E-state index in [1.54, 1.807) is 11.0 Å². The minimum Gasteiger partial charge on any atom is -0.487 e. The Kier molecular flexibility index (Phi) is 6.10. The van der Waals surface area contributed by atoms with Crippen LogP contribution in [-0.2, 0) is 10.0 Å². The maximum absolute atomic E-state index is 13.6. The van der Waals surface area contributed by atoms with E-state index in [0.29, 0.717) is 44.6 Å². The SMILES string of the molecule is CCN(C1CCN(C(=O)NC2CC(C)(C)Oc3cc(F)ccc32)CC1)S(C)(=O)=O. The van der Waals surface area contributed by atoms with Crippen molar-refractivity contribution in [1.29, 1.82) is 0 Å². The zero-order chi connectivity index (χ0) is 21.4. The summed E-state index contributed by atoms with van der Waals surface area (Å²) in [6.45, 7) is 7.07. The molecule has 1 saturated heterocycles. The lowest BCUT2D eigenvalue weighted by Gasteiger charge is -2.40. The molecule has 0 saturated carbocycles. The standard InChI is InChI=1S/C20H30FN3O4S/c1-5-24(29(4,26)27)15-8-10-23(11-9-15)19(25)22-17-13-20(2,3)28-18-12-14(21)6-7-16(17)18/h6-7,12,15,17H,5,8-11,13H2,1-4H3,(H,22,25).